The Morgan fingerprint density at radius 2 is 1.70 bits per heavy atom. The van der Waals surface area contributed by atoms with E-state index in [4.69, 9.17) is 9.47 Å². The highest BCUT2D eigenvalue weighted by Crippen LogP contribution is 2.29. The molecule has 1 amide bonds. The van der Waals surface area contributed by atoms with E-state index in [0.29, 0.717) is 5.56 Å². The second-order valence-corrected chi connectivity index (χ2v) is 6.04. The topological polar surface area (TPSA) is 83.1 Å². The van der Waals surface area contributed by atoms with E-state index in [2.05, 4.69) is 14.8 Å². The van der Waals surface area contributed by atoms with Crippen LogP contribution >= 0.6 is 0 Å². The molecule has 0 spiro atoms. The minimum Gasteiger partial charge on any atom is -0.493 e. The largest absolute Gasteiger partial charge is 0.573 e. The quantitative estimate of drug-likeness (QED) is 0.648. The van der Waals surface area contributed by atoms with E-state index in [9.17, 15) is 22.8 Å². The van der Waals surface area contributed by atoms with Gasteiger partial charge >= 0.3 is 12.3 Å². The zero-order chi connectivity index (χ0) is 22.3. The highest BCUT2D eigenvalue weighted by Gasteiger charge is 2.31. The predicted molar refractivity (Wildman–Crippen MR) is 99.5 cm³/mol. The zero-order valence-electron chi connectivity index (χ0n) is 16.4. The lowest BCUT2D eigenvalue weighted by Crippen LogP contribution is -2.26. The second kappa shape index (κ2) is 9.86. The van der Waals surface area contributed by atoms with Gasteiger partial charge in [-0.3, -0.25) is 4.79 Å². The lowest BCUT2D eigenvalue weighted by Gasteiger charge is -2.16. The number of amides is 1. The Morgan fingerprint density at radius 3 is 2.27 bits per heavy atom. The summed E-state index contributed by atoms with van der Waals surface area (Å²) in [5, 5.41) is 2.74. The monoisotopic (exact) mass is 427 g/mol. The first kappa shape index (κ1) is 22.9. The molecule has 0 saturated carbocycles. The summed E-state index contributed by atoms with van der Waals surface area (Å²) in [6.07, 6.45) is -4.77. The number of benzene rings is 2. The van der Waals surface area contributed by atoms with Crippen LogP contribution in [0, 0.1) is 0 Å². The number of carbonyl (C=O) groups is 2. The molecule has 1 N–H and O–H groups in total. The number of carbonyl (C=O) groups excluding carboxylic acids is 2. The first-order valence-corrected chi connectivity index (χ1v) is 8.67. The van der Waals surface area contributed by atoms with Gasteiger partial charge in [-0.15, -0.1) is 13.2 Å². The molecule has 0 heterocycles. The summed E-state index contributed by atoms with van der Waals surface area (Å²) in [4.78, 5) is 23.7. The Labute approximate surface area is 170 Å². The highest BCUT2D eigenvalue weighted by atomic mass is 19.4. The van der Waals surface area contributed by atoms with E-state index >= 15 is 0 Å². The number of rotatable bonds is 8. The summed E-state index contributed by atoms with van der Waals surface area (Å²) in [6, 6.07) is 9.10. The third-order valence-corrected chi connectivity index (χ3v) is 3.96. The molecule has 162 valence electrons. The molecule has 2 aromatic carbocycles. The molecule has 0 bridgehead atoms. The van der Waals surface area contributed by atoms with E-state index in [1.807, 2.05) is 0 Å². The summed E-state index contributed by atoms with van der Waals surface area (Å²) in [7, 11) is 2.61. The fraction of sp³-hybridized carbons (Fsp3) is 0.300. The summed E-state index contributed by atoms with van der Waals surface area (Å²) >= 11 is 0. The molecule has 30 heavy (non-hydrogen) atoms. The van der Waals surface area contributed by atoms with Gasteiger partial charge in [-0.05, 0) is 42.8 Å². The third kappa shape index (κ3) is 6.57. The second-order valence-electron chi connectivity index (χ2n) is 6.04. The molecule has 0 aliphatic rings. The van der Waals surface area contributed by atoms with Crippen molar-refractivity contribution in [2.24, 2.45) is 0 Å². The van der Waals surface area contributed by atoms with Gasteiger partial charge in [0, 0.05) is 5.56 Å². The minimum atomic E-state index is -4.77. The van der Waals surface area contributed by atoms with Gasteiger partial charge in [0.15, 0.2) is 18.1 Å². The lowest BCUT2D eigenvalue weighted by molar-refractivity contribution is -0.274. The Morgan fingerprint density at radius 1 is 1.03 bits per heavy atom. The summed E-state index contributed by atoms with van der Waals surface area (Å²) in [6.45, 7) is 1.37. The van der Waals surface area contributed by atoms with Crippen LogP contribution in [-0.2, 0) is 9.53 Å². The van der Waals surface area contributed by atoms with Crippen molar-refractivity contribution in [2.45, 2.75) is 19.3 Å². The first-order chi connectivity index (χ1) is 14.1. The molecule has 2 rings (SSSR count). The lowest BCUT2D eigenvalue weighted by atomic mass is 10.1. The molecule has 0 saturated heterocycles. The minimum absolute atomic E-state index is 0.243. The number of ether oxygens (including phenoxy) is 4. The van der Waals surface area contributed by atoms with Crippen LogP contribution < -0.4 is 19.5 Å². The molecule has 1 unspecified atom stereocenters. The molecule has 0 aliphatic carbocycles. The van der Waals surface area contributed by atoms with Crippen molar-refractivity contribution in [3.05, 3.63) is 53.6 Å². The van der Waals surface area contributed by atoms with E-state index in [0.717, 1.165) is 0 Å². The molecule has 0 radical (unpaired) electrons. The number of hydrogen-bond acceptors (Lipinski definition) is 6. The number of methoxy groups -OCH3 is 2. The van der Waals surface area contributed by atoms with Crippen LogP contribution in [0.5, 0.6) is 17.2 Å². The summed E-state index contributed by atoms with van der Waals surface area (Å²) in [5.41, 5.74) is 0.851. The van der Waals surface area contributed by atoms with Crippen molar-refractivity contribution in [3.8, 4) is 17.2 Å². The van der Waals surface area contributed by atoms with Crippen molar-refractivity contribution in [1.82, 2.24) is 5.32 Å². The molecule has 7 nitrogen and oxygen atoms in total. The number of hydrogen-bond donors (Lipinski definition) is 1. The van der Waals surface area contributed by atoms with Crippen molar-refractivity contribution >= 4 is 11.9 Å². The van der Waals surface area contributed by atoms with Gasteiger partial charge in [-0.25, -0.2) is 4.79 Å². The Kier molecular flexibility index (Phi) is 7.51. The molecule has 0 fully saturated rings. The molecule has 0 aliphatic heterocycles. The first-order valence-electron chi connectivity index (χ1n) is 8.67. The van der Waals surface area contributed by atoms with E-state index < -0.39 is 24.3 Å². The normalized spacial score (nSPS) is 11.9. The van der Waals surface area contributed by atoms with Gasteiger partial charge in [-0.2, -0.15) is 0 Å². The molecule has 10 heteroatoms. The van der Waals surface area contributed by atoms with Crippen LogP contribution in [-0.4, -0.2) is 39.1 Å². The summed E-state index contributed by atoms with van der Waals surface area (Å²) in [5.74, 6) is -0.854. The fourth-order valence-corrected chi connectivity index (χ4v) is 2.45. The van der Waals surface area contributed by atoms with Crippen LogP contribution in [0.3, 0.4) is 0 Å². The van der Waals surface area contributed by atoms with E-state index in [-0.39, 0.29) is 29.4 Å². The third-order valence-electron chi connectivity index (χ3n) is 3.96. The summed E-state index contributed by atoms with van der Waals surface area (Å²) < 4.78 is 55.5. The highest BCUT2D eigenvalue weighted by molar-refractivity contribution is 5.95. The van der Waals surface area contributed by atoms with Gasteiger partial charge in [0.2, 0.25) is 0 Å². The van der Waals surface area contributed by atoms with E-state index in [1.54, 1.807) is 6.92 Å². The molecule has 0 aromatic heterocycles. The van der Waals surface area contributed by atoms with Crippen molar-refractivity contribution in [1.29, 1.82) is 0 Å². The van der Waals surface area contributed by atoms with Crippen LogP contribution in [0.15, 0.2) is 42.5 Å². The SMILES string of the molecule is COC(=O)COc1ccc(C(=O)NC(C)c2ccc(OC(F)(F)F)cc2)cc1OC. The number of esters is 1. The maximum absolute atomic E-state index is 12.5. The molecule has 2 aromatic rings. The molecule has 1 atom stereocenters. The molecular formula is C20H20F3NO6. The van der Waals surface area contributed by atoms with Gasteiger partial charge in [-0.1, -0.05) is 12.1 Å². The fourth-order valence-electron chi connectivity index (χ4n) is 2.45. The predicted octanol–water partition coefficient (Wildman–Crippen LogP) is 3.64. The molecular weight excluding hydrogens is 407 g/mol. The van der Waals surface area contributed by atoms with E-state index in [1.165, 1.54) is 56.7 Å². The zero-order valence-corrected chi connectivity index (χ0v) is 16.4. The van der Waals surface area contributed by atoms with Crippen molar-refractivity contribution in [2.75, 3.05) is 20.8 Å². The van der Waals surface area contributed by atoms with Gasteiger partial charge in [0.05, 0.1) is 20.3 Å². The number of halogens is 3. The van der Waals surface area contributed by atoms with Crippen LogP contribution in [0.2, 0.25) is 0 Å². The van der Waals surface area contributed by atoms with Crippen LogP contribution in [0.25, 0.3) is 0 Å². The Hall–Kier alpha value is -3.43. The standard InChI is InChI=1S/C20H20F3NO6/c1-12(13-4-7-15(8-5-13)30-20(21,22)23)24-19(26)14-6-9-16(17(10-14)27-2)29-11-18(25)28-3/h4-10,12H,11H2,1-3H3,(H,24,26). The van der Waals surface area contributed by atoms with Gasteiger partial charge in [0.25, 0.3) is 5.91 Å². The number of nitrogens with one attached hydrogen (secondary N) is 1. The van der Waals surface area contributed by atoms with Crippen LogP contribution in [0.1, 0.15) is 28.9 Å². The maximum Gasteiger partial charge on any atom is 0.573 e. The van der Waals surface area contributed by atoms with Gasteiger partial charge < -0.3 is 24.3 Å². The number of alkyl halides is 3. The average Bonchev–Trinajstić information content (AvgIpc) is 2.70. The van der Waals surface area contributed by atoms with Crippen molar-refractivity contribution in [3.63, 3.8) is 0 Å². The van der Waals surface area contributed by atoms with Crippen LogP contribution in [0.4, 0.5) is 13.2 Å². The Balaban J connectivity index is 2.05. The Bertz CT molecular complexity index is 883. The smallest absolute Gasteiger partial charge is 0.493 e. The maximum atomic E-state index is 12.5. The van der Waals surface area contributed by atoms with Gasteiger partial charge in [0.1, 0.15) is 5.75 Å². The van der Waals surface area contributed by atoms with Crippen molar-refractivity contribution < 1.29 is 41.7 Å². The average molecular weight is 427 g/mol.